The van der Waals surface area contributed by atoms with E-state index in [4.69, 9.17) is 14.2 Å². The van der Waals surface area contributed by atoms with Crippen LogP contribution in [0.25, 0.3) is 0 Å². The Balaban J connectivity index is 3.09. The maximum Gasteiger partial charge on any atom is 0.511 e. The maximum atomic E-state index is 15.7. The van der Waals surface area contributed by atoms with Gasteiger partial charge in [-0.1, -0.05) is 109 Å². The second-order valence-corrected chi connectivity index (χ2v) is 29.0. The predicted molar refractivity (Wildman–Crippen MR) is 377 cm³/mol. The standard InChI is InChI=1S/C72H117N11O18/c1-25-27-28-45(15)59(101-72(98)100-38-99-71(97)49-31-29-48(30-32-49)70(95)96)58-63(88)75-50(26-2)65(90)77(18)37-55(84)78(19)51(33-39(3)4)62(87)76-56(43(11)12)68(93)79(20)52(34-40(5)6)61(86)73-46(16)60(85)74-47(17)64(89)80(21)53(35-41(7)8)66(91)81(22)54(36-42(9)10)67(92)82(23)57(44(13)14)69(94)83(58)24/h25,27,29-32,39-47,50-54,56-59H,26,28,33-38H2,1-24H3,(H,73,86)(H,74,85)(H,75,88)(H,76,87)(H,95,96)/t45-,46?,47?,50?,51+,52?,53?,54?,56?,57?,58?,59?/m1/s1. The van der Waals surface area contributed by atoms with Gasteiger partial charge in [0.2, 0.25) is 71.8 Å². The highest BCUT2D eigenvalue weighted by atomic mass is 16.8. The fourth-order valence-electron chi connectivity index (χ4n) is 12.0. The van der Waals surface area contributed by atoms with Crippen molar-refractivity contribution in [2.45, 2.75) is 223 Å². The quantitative estimate of drug-likeness (QED) is 0.0655. The third-order valence-corrected chi connectivity index (χ3v) is 18.0. The van der Waals surface area contributed by atoms with E-state index in [2.05, 4.69) is 21.3 Å². The Morgan fingerprint density at radius 1 is 0.505 bits per heavy atom. The topological polar surface area (TPSA) is 358 Å². The summed E-state index contributed by atoms with van der Waals surface area (Å²) >= 11 is 0. The molecule has 101 heavy (non-hydrogen) atoms. The van der Waals surface area contributed by atoms with Gasteiger partial charge in [-0.25, -0.2) is 14.4 Å². The van der Waals surface area contributed by atoms with Crippen molar-refractivity contribution in [2.24, 2.45) is 41.4 Å². The summed E-state index contributed by atoms with van der Waals surface area (Å²) in [5.41, 5.74) is -0.201. The van der Waals surface area contributed by atoms with Gasteiger partial charge in [-0.2, -0.15) is 0 Å². The molecular weight excluding hydrogens is 1310 g/mol. The first-order valence-electron chi connectivity index (χ1n) is 34.9. The number of hydrogen-bond donors (Lipinski definition) is 5. The van der Waals surface area contributed by atoms with Gasteiger partial charge in [0.25, 0.3) is 0 Å². The van der Waals surface area contributed by atoms with E-state index in [0.717, 1.165) is 14.7 Å². The van der Waals surface area contributed by atoms with Gasteiger partial charge < -0.3 is 74.9 Å². The Bertz CT molecular complexity index is 3080. The molecule has 1 aliphatic heterocycles. The largest absolute Gasteiger partial charge is 0.511 e. The Morgan fingerprint density at radius 2 is 0.950 bits per heavy atom. The molecule has 1 aromatic carbocycles. The van der Waals surface area contributed by atoms with Crippen molar-refractivity contribution in [2.75, 3.05) is 62.7 Å². The van der Waals surface area contributed by atoms with E-state index >= 15 is 19.2 Å². The first-order valence-corrected chi connectivity index (χ1v) is 34.9. The van der Waals surface area contributed by atoms with Crippen LogP contribution < -0.4 is 21.3 Å². The molecule has 0 spiro atoms. The van der Waals surface area contributed by atoms with E-state index in [-0.39, 0.29) is 73.3 Å². The van der Waals surface area contributed by atoms with Gasteiger partial charge in [0.1, 0.15) is 66.5 Å². The second kappa shape index (κ2) is 40.7. The molecule has 10 unspecified atom stereocenters. The molecule has 29 nitrogen and oxygen atoms in total. The number of aromatic carboxylic acids is 1. The molecule has 568 valence electrons. The van der Waals surface area contributed by atoms with E-state index in [1.54, 1.807) is 60.6 Å². The minimum Gasteiger partial charge on any atom is -0.478 e. The highest BCUT2D eigenvalue weighted by Crippen LogP contribution is 2.27. The summed E-state index contributed by atoms with van der Waals surface area (Å²) in [7, 11) is 9.51. The molecular formula is C72H117N11O18. The number of ether oxygens (including phenoxy) is 3. The molecule has 1 aromatic rings. The van der Waals surface area contributed by atoms with Crippen LogP contribution in [0.2, 0.25) is 0 Å². The number of esters is 1. The minimum absolute atomic E-state index is 0.0524. The van der Waals surface area contributed by atoms with Crippen molar-refractivity contribution in [3.05, 3.63) is 47.5 Å². The van der Waals surface area contributed by atoms with E-state index in [1.807, 2.05) is 55.4 Å². The lowest BCUT2D eigenvalue weighted by Crippen LogP contribution is -2.64. The summed E-state index contributed by atoms with van der Waals surface area (Å²) < 4.78 is 16.4. The number of carboxylic acid groups (broad SMARTS) is 1. The highest BCUT2D eigenvalue weighted by molar-refractivity contribution is 6.00. The number of carboxylic acids is 1. The average Bonchev–Trinajstić information content (AvgIpc) is 0.800. The molecule has 1 fully saturated rings. The van der Waals surface area contributed by atoms with Gasteiger partial charge in [-0.05, 0) is 125 Å². The molecule has 0 aliphatic carbocycles. The Kier molecular flexibility index (Phi) is 35.6. The summed E-state index contributed by atoms with van der Waals surface area (Å²) in [5.74, 6) is -13.6. The Morgan fingerprint density at radius 3 is 1.43 bits per heavy atom. The highest BCUT2D eigenvalue weighted by Gasteiger charge is 2.47. The first kappa shape index (κ1) is 88.4. The lowest BCUT2D eigenvalue weighted by molar-refractivity contribution is -0.158. The van der Waals surface area contributed by atoms with E-state index in [9.17, 15) is 53.1 Å². The van der Waals surface area contributed by atoms with E-state index in [0.29, 0.717) is 0 Å². The lowest BCUT2D eigenvalue weighted by Gasteiger charge is -2.42. The van der Waals surface area contributed by atoms with Crippen LogP contribution >= 0.6 is 0 Å². The van der Waals surface area contributed by atoms with Crippen molar-refractivity contribution in [3.8, 4) is 0 Å². The van der Waals surface area contributed by atoms with Crippen LogP contribution in [0.1, 0.15) is 177 Å². The van der Waals surface area contributed by atoms with E-state index in [1.165, 1.54) is 107 Å². The number of nitrogens with zero attached hydrogens (tertiary/aromatic N) is 7. The smallest absolute Gasteiger partial charge is 0.478 e. The number of allylic oxidation sites excluding steroid dienone is 2. The predicted octanol–water partition coefficient (Wildman–Crippen LogP) is 4.94. The molecule has 29 heteroatoms. The maximum absolute atomic E-state index is 15.7. The van der Waals surface area contributed by atoms with Crippen LogP contribution in [0.4, 0.5) is 4.79 Å². The Hall–Kier alpha value is -8.66. The molecule has 1 aliphatic rings. The molecule has 0 radical (unpaired) electrons. The van der Waals surface area contributed by atoms with Crippen LogP contribution in [-0.2, 0) is 67.0 Å². The number of rotatable bonds is 20. The van der Waals surface area contributed by atoms with Crippen LogP contribution in [0.5, 0.6) is 0 Å². The Labute approximate surface area is 597 Å². The second-order valence-electron chi connectivity index (χ2n) is 29.0. The fraction of sp³-hybridized carbons (Fsp3) is 0.694. The molecule has 0 aromatic heterocycles. The molecule has 12 atom stereocenters. The molecule has 1 saturated heterocycles. The number of nitrogens with one attached hydrogen (secondary N) is 4. The summed E-state index contributed by atoms with van der Waals surface area (Å²) in [5, 5.41) is 20.2. The first-order chi connectivity index (χ1) is 46.9. The van der Waals surface area contributed by atoms with Crippen LogP contribution in [0.15, 0.2) is 36.4 Å². The summed E-state index contributed by atoms with van der Waals surface area (Å²) in [6, 6.07) is -8.74. The SMILES string of the molecule is CC=CC[C@@H](C)C(OC(=O)OCOC(=O)c1ccc(C(=O)O)cc1)C1C(=O)NC(CC)C(=O)N(C)CC(=O)N(C)[C@@H](CC(C)C)C(=O)NC(C(C)C)C(=O)N(C)C(CC(C)C)C(=O)NC(C)C(=O)NC(C)C(=O)N(C)C(CC(C)C)C(=O)N(C)C(CC(C)C)C(=O)N(C)C(C(C)C)C(=O)N1C. The number of hydrogen-bond acceptors (Lipinski definition) is 17. The van der Waals surface area contributed by atoms with Gasteiger partial charge in [-0.15, -0.1) is 0 Å². The van der Waals surface area contributed by atoms with Gasteiger partial charge in [0.05, 0.1) is 17.7 Å². The van der Waals surface area contributed by atoms with Crippen LogP contribution in [0, 0.1) is 41.4 Å². The third kappa shape index (κ3) is 25.4. The summed E-state index contributed by atoms with van der Waals surface area (Å²) in [4.78, 5) is 210. The lowest BCUT2D eigenvalue weighted by atomic mass is 9.91. The monoisotopic (exact) mass is 1420 g/mol. The fourth-order valence-corrected chi connectivity index (χ4v) is 12.0. The number of amides is 11. The van der Waals surface area contributed by atoms with Gasteiger partial charge in [0.15, 0.2) is 0 Å². The van der Waals surface area contributed by atoms with Gasteiger partial charge in [0, 0.05) is 49.3 Å². The third-order valence-electron chi connectivity index (χ3n) is 18.0. The number of carbonyl (C=O) groups excluding carboxylic acids is 13. The molecule has 0 bridgehead atoms. The van der Waals surface area contributed by atoms with Crippen molar-refractivity contribution in [3.63, 3.8) is 0 Å². The van der Waals surface area contributed by atoms with Crippen LogP contribution in [-0.4, -0.2) is 252 Å². The summed E-state index contributed by atoms with van der Waals surface area (Å²) in [6.45, 7) is 27.4. The number of likely N-dealkylation sites (N-methyl/N-ethyl adjacent to an activating group) is 7. The van der Waals surface area contributed by atoms with Gasteiger partial charge in [-0.3, -0.25) is 52.7 Å². The van der Waals surface area contributed by atoms with Gasteiger partial charge >= 0.3 is 18.1 Å². The minimum atomic E-state index is -1.88. The molecule has 0 saturated carbocycles. The zero-order valence-corrected chi connectivity index (χ0v) is 64.0. The zero-order chi connectivity index (χ0) is 77.5. The molecule has 5 N–H and O–H groups in total. The van der Waals surface area contributed by atoms with Crippen molar-refractivity contribution < 1.29 is 86.4 Å². The average molecular weight is 1420 g/mol. The van der Waals surface area contributed by atoms with Crippen LogP contribution in [0.3, 0.4) is 0 Å². The molecule has 1 heterocycles. The molecule has 11 amide bonds. The number of benzene rings is 1. The summed E-state index contributed by atoms with van der Waals surface area (Å²) in [6.07, 6.45) is 0.596. The zero-order valence-electron chi connectivity index (χ0n) is 64.0. The number of carbonyl (C=O) groups is 14. The van der Waals surface area contributed by atoms with Crippen molar-refractivity contribution in [1.29, 1.82) is 0 Å². The van der Waals surface area contributed by atoms with Crippen molar-refractivity contribution >= 4 is 83.1 Å². The van der Waals surface area contributed by atoms with E-state index < -0.39 is 181 Å². The molecule has 2 rings (SSSR count). The normalized spacial score (nSPS) is 24.3. The van der Waals surface area contributed by atoms with Crippen molar-refractivity contribution in [1.82, 2.24) is 55.6 Å².